The first-order valence-corrected chi connectivity index (χ1v) is 11.2. The van der Waals surface area contributed by atoms with Crippen molar-refractivity contribution in [2.45, 2.75) is 6.92 Å². The summed E-state index contributed by atoms with van der Waals surface area (Å²) in [5, 5.41) is 1.00. The number of benzene rings is 1. The van der Waals surface area contributed by atoms with Crippen LogP contribution in [0.5, 0.6) is 0 Å². The molecule has 0 amide bonds. The van der Waals surface area contributed by atoms with Crippen LogP contribution in [0.1, 0.15) is 4.88 Å². The maximum absolute atomic E-state index is 13.4. The molecule has 0 aliphatic rings. The van der Waals surface area contributed by atoms with E-state index in [9.17, 15) is 4.79 Å². The second-order valence-corrected chi connectivity index (χ2v) is 9.00. The standard InChI is InChI=1S/C26H17N5OS/c1-15-6-9-21(33-15)23-22(17-7-8-20-16(12-17)4-3-11-28-20)30-24-25(32)19(14-29-26(24)31-23)18-5-2-10-27-13-18/h2-14H,1H3,(H,29,31,32). The molecule has 0 bridgehead atoms. The van der Waals surface area contributed by atoms with Crippen molar-refractivity contribution in [1.29, 1.82) is 0 Å². The summed E-state index contributed by atoms with van der Waals surface area (Å²) >= 11 is 1.65. The van der Waals surface area contributed by atoms with Crippen molar-refractivity contribution >= 4 is 33.4 Å². The fraction of sp³-hybridized carbons (Fsp3) is 0.0385. The van der Waals surface area contributed by atoms with Gasteiger partial charge in [0.05, 0.1) is 16.1 Å². The number of H-pyrrole nitrogens is 1. The highest BCUT2D eigenvalue weighted by Gasteiger charge is 2.18. The van der Waals surface area contributed by atoms with Crippen LogP contribution in [0.15, 0.2) is 84.2 Å². The van der Waals surface area contributed by atoms with Crippen LogP contribution >= 0.6 is 11.3 Å². The SMILES string of the molecule is Cc1ccc(-c2nc3[nH]cc(-c4cccnc4)c(=O)c3nc2-c2ccc3ncccc3c2)s1. The van der Waals surface area contributed by atoms with Crippen LogP contribution in [0.3, 0.4) is 0 Å². The molecule has 0 atom stereocenters. The van der Waals surface area contributed by atoms with Crippen molar-refractivity contribution in [2.24, 2.45) is 0 Å². The minimum absolute atomic E-state index is 0.179. The fourth-order valence-electron chi connectivity index (χ4n) is 3.92. The Morgan fingerprint density at radius 2 is 1.82 bits per heavy atom. The number of aryl methyl sites for hydroxylation is 1. The fourth-order valence-corrected chi connectivity index (χ4v) is 4.78. The number of hydrogen-bond acceptors (Lipinski definition) is 6. The Morgan fingerprint density at radius 1 is 0.909 bits per heavy atom. The maximum atomic E-state index is 13.4. The molecular weight excluding hydrogens is 430 g/mol. The third-order valence-electron chi connectivity index (χ3n) is 5.53. The van der Waals surface area contributed by atoms with Gasteiger partial charge in [0.2, 0.25) is 5.43 Å². The van der Waals surface area contributed by atoms with Crippen LogP contribution in [0.2, 0.25) is 0 Å². The van der Waals surface area contributed by atoms with Gasteiger partial charge in [0.1, 0.15) is 5.69 Å². The predicted octanol–water partition coefficient (Wildman–Crippen LogP) is 5.63. The summed E-state index contributed by atoms with van der Waals surface area (Å²) in [4.78, 5) is 37.1. The smallest absolute Gasteiger partial charge is 0.217 e. The lowest BCUT2D eigenvalue weighted by Gasteiger charge is -2.10. The Hall–Kier alpha value is -4.23. The van der Waals surface area contributed by atoms with Gasteiger partial charge in [-0.3, -0.25) is 14.8 Å². The van der Waals surface area contributed by atoms with E-state index in [4.69, 9.17) is 9.97 Å². The van der Waals surface area contributed by atoms with Crippen LogP contribution in [-0.2, 0) is 0 Å². The van der Waals surface area contributed by atoms with E-state index in [1.165, 1.54) is 4.88 Å². The van der Waals surface area contributed by atoms with Gasteiger partial charge in [0.25, 0.3) is 0 Å². The van der Waals surface area contributed by atoms with Crippen molar-refractivity contribution in [2.75, 3.05) is 0 Å². The number of fused-ring (bicyclic) bond motifs is 2. The largest absolute Gasteiger partial charge is 0.344 e. The number of pyridine rings is 3. The predicted molar refractivity (Wildman–Crippen MR) is 132 cm³/mol. The number of nitrogens with zero attached hydrogens (tertiary/aromatic N) is 4. The summed E-state index contributed by atoms with van der Waals surface area (Å²) in [6.07, 6.45) is 6.81. The van der Waals surface area contributed by atoms with Crippen molar-refractivity contribution in [1.82, 2.24) is 24.9 Å². The maximum Gasteiger partial charge on any atom is 0.217 e. The van der Waals surface area contributed by atoms with Crippen molar-refractivity contribution in [3.05, 3.63) is 94.5 Å². The molecule has 5 heterocycles. The second-order valence-electron chi connectivity index (χ2n) is 7.71. The highest BCUT2D eigenvalue weighted by molar-refractivity contribution is 7.15. The molecule has 1 aromatic carbocycles. The van der Waals surface area contributed by atoms with Crippen molar-refractivity contribution < 1.29 is 0 Å². The van der Waals surface area contributed by atoms with Gasteiger partial charge in [-0.25, -0.2) is 9.97 Å². The second kappa shape index (κ2) is 7.72. The molecule has 6 nitrogen and oxygen atoms in total. The molecule has 6 rings (SSSR count). The lowest BCUT2D eigenvalue weighted by molar-refractivity contribution is 1.22. The first-order valence-electron chi connectivity index (χ1n) is 10.4. The number of aromatic amines is 1. The van der Waals surface area contributed by atoms with Gasteiger partial charge in [0, 0.05) is 51.7 Å². The molecule has 0 spiro atoms. The third-order valence-corrected chi connectivity index (χ3v) is 6.54. The molecule has 5 aromatic heterocycles. The van der Waals surface area contributed by atoms with E-state index in [1.54, 1.807) is 42.2 Å². The van der Waals surface area contributed by atoms with Crippen LogP contribution < -0.4 is 5.43 Å². The molecule has 0 aliphatic heterocycles. The Labute approximate surface area is 192 Å². The van der Waals surface area contributed by atoms with Crippen molar-refractivity contribution in [3.8, 4) is 33.0 Å². The molecule has 0 fully saturated rings. The zero-order valence-electron chi connectivity index (χ0n) is 17.6. The molecule has 0 saturated carbocycles. The molecule has 0 unspecified atom stereocenters. The van der Waals surface area contributed by atoms with E-state index in [0.29, 0.717) is 22.4 Å². The highest BCUT2D eigenvalue weighted by Crippen LogP contribution is 2.35. The highest BCUT2D eigenvalue weighted by atomic mass is 32.1. The van der Waals surface area contributed by atoms with E-state index in [-0.39, 0.29) is 5.43 Å². The van der Waals surface area contributed by atoms with Gasteiger partial charge < -0.3 is 4.98 Å². The van der Waals surface area contributed by atoms with Gasteiger partial charge in [-0.15, -0.1) is 11.3 Å². The molecule has 0 saturated heterocycles. The number of aromatic nitrogens is 5. The van der Waals surface area contributed by atoms with Gasteiger partial charge in [-0.1, -0.05) is 18.2 Å². The molecule has 33 heavy (non-hydrogen) atoms. The number of hydrogen-bond donors (Lipinski definition) is 1. The average Bonchev–Trinajstić information content (AvgIpc) is 3.30. The van der Waals surface area contributed by atoms with Crippen LogP contribution in [0.25, 0.3) is 55.0 Å². The van der Waals surface area contributed by atoms with Gasteiger partial charge >= 0.3 is 0 Å². The van der Waals surface area contributed by atoms with Crippen LogP contribution in [-0.4, -0.2) is 24.9 Å². The summed E-state index contributed by atoms with van der Waals surface area (Å²) in [6.45, 7) is 2.06. The first kappa shape index (κ1) is 19.5. The Kier molecular flexibility index (Phi) is 4.55. The number of rotatable bonds is 3. The van der Waals surface area contributed by atoms with E-state index < -0.39 is 0 Å². The monoisotopic (exact) mass is 447 g/mol. The van der Waals surface area contributed by atoms with Crippen LogP contribution in [0.4, 0.5) is 0 Å². The zero-order valence-corrected chi connectivity index (χ0v) is 18.4. The molecule has 0 aliphatic carbocycles. The summed E-state index contributed by atoms with van der Waals surface area (Å²) in [5.74, 6) is 0. The Morgan fingerprint density at radius 3 is 2.64 bits per heavy atom. The normalized spacial score (nSPS) is 11.3. The summed E-state index contributed by atoms with van der Waals surface area (Å²) < 4.78 is 0. The van der Waals surface area contributed by atoms with E-state index in [0.717, 1.165) is 32.6 Å². The van der Waals surface area contributed by atoms with E-state index >= 15 is 0 Å². The van der Waals surface area contributed by atoms with E-state index in [2.05, 4.69) is 27.9 Å². The average molecular weight is 448 g/mol. The molecule has 158 valence electrons. The van der Waals surface area contributed by atoms with Gasteiger partial charge in [-0.05, 0) is 43.3 Å². The summed E-state index contributed by atoms with van der Waals surface area (Å²) in [5.41, 5.74) is 5.03. The number of nitrogens with one attached hydrogen (secondary N) is 1. The molecule has 7 heteroatoms. The minimum Gasteiger partial charge on any atom is -0.344 e. The van der Waals surface area contributed by atoms with Gasteiger partial charge in [-0.2, -0.15) is 0 Å². The summed E-state index contributed by atoms with van der Waals surface area (Å²) in [6, 6.07) is 17.7. The van der Waals surface area contributed by atoms with Crippen molar-refractivity contribution in [3.63, 3.8) is 0 Å². The third kappa shape index (κ3) is 3.39. The zero-order chi connectivity index (χ0) is 22.4. The Bertz CT molecular complexity index is 1710. The van der Waals surface area contributed by atoms with E-state index in [1.807, 2.05) is 42.5 Å². The minimum atomic E-state index is -0.179. The van der Waals surface area contributed by atoms with Gasteiger partial charge in [0.15, 0.2) is 11.2 Å². The Balaban J connectivity index is 1.65. The first-order chi connectivity index (χ1) is 16.2. The molecule has 0 radical (unpaired) electrons. The molecular formula is C26H17N5OS. The lowest BCUT2D eigenvalue weighted by atomic mass is 10.0. The number of thiophene rings is 1. The molecule has 6 aromatic rings. The lowest BCUT2D eigenvalue weighted by Crippen LogP contribution is -2.10. The van der Waals surface area contributed by atoms with Crippen LogP contribution in [0, 0.1) is 6.92 Å². The summed E-state index contributed by atoms with van der Waals surface area (Å²) in [7, 11) is 0. The quantitative estimate of drug-likeness (QED) is 0.380. The topological polar surface area (TPSA) is 84.4 Å². The molecule has 1 N–H and O–H groups in total.